The van der Waals surface area contributed by atoms with Crippen molar-refractivity contribution in [3.63, 3.8) is 0 Å². The van der Waals surface area contributed by atoms with E-state index in [4.69, 9.17) is 20.3 Å². The van der Waals surface area contributed by atoms with E-state index in [2.05, 4.69) is 10.0 Å². The highest BCUT2D eigenvalue weighted by Gasteiger charge is 2.39. The van der Waals surface area contributed by atoms with Crippen LogP contribution in [0.25, 0.3) is 10.4 Å². The molecule has 0 aliphatic carbocycles. The third-order valence-corrected chi connectivity index (χ3v) is 2.86. The van der Waals surface area contributed by atoms with E-state index in [-0.39, 0.29) is 6.29 Å². The van der Waals surface area contributed by atoms with Crippen LogP contribution in [0, 0.1) is 0 Å². The lowest BCUT2D eigenvalue weighted by atomic mass is 10.0. The van der Waals surface area contributed by atoms with Crippen LogP contribution in [0.5, 0.6) is 0 Å². The predicted molar refractivity (Wildman–Crippen MR) is 54.6 cm³/mol. The van der Waals surface area contributed by atoms with Gasteiger partial charge in [-0.15, -0.1) is 0 Å². The first-order valence-corrected chi connectivity index (χ1v) is 5.85. The molecule has 5 atom stereocenters. The second-order valence-electron chi connectivity index (χ2n) is 3.21. The van der Waals surface area contributed by atoms with Crippen LogP contribution in [-0.2, 0) is 14.9 Å². The average Bonchev–Trinajstić information content (AvgIpc) is 2.31. The third kappa shape index (κ3) is 4.19. The van der Waals surface area contributed by atoms with Gasteiger partial charge in [-0.1, -0.05) is 5.11 Å². The Morgan fingerprint density at radius 1 is 1.11 bits per heavy atom. The maximum atomic E-state index is 10.5. The molecular formula is C6H11N3O8S. The van der Waals surface area contributed by atoms with E-state index in [0.29, 0.717) is 0 Å². The SMILES string of the molecule is [N-]=[N+]=N[C@H](C=O)[C@@H](O)[C@H](O)[C@H](O)C(O)S(=O)(=O)O. The molecule has 0 saturated carbocycles. The Morgan fingerprint density at radius 2 is 1.61 bits per heavy atom. The number of aliphatic hydroxyl groups excluding tert-OH is 4. The van der Waals surface area contributed by atoms with Gasteiger partial charge in [0.05, 0.1) is 6.10 Å². The molecule has 0 aromatic heterocycles. The lowest BCUT2D eigenvalue weighted by Crippen LogP contribution is -2.50. The van der Waals surface area contributed by atoms with Crippen molar-refractivity contribution in [2.75, 3.05) is 0 Å². The Hall–Kier alpha value is -1.27. The van der Waals surface area contributed by atoms with Gasteiger partial charge in [-0.2, -0.15) is 8.42 Å². The zero-order valence-corrected chi connectivity index (χ0v) is 9.49. The zero-order chi connectivity index (χ0) is 14.5. The Labute approximate surface area is 101 Å². The van der Waals surface area contributed by atoms with Gasteiger partial charge in [-0.25, -0.2) is 0 Å². The van der Waals surface area contributed by atoms with Crippen LogP contribution >= 0.6 is 0 Å². The number of hydrogen-bond acceptors (Lipinski definition) is 8. The molecule has 0 aliphatic heterocycles. The first-order chi connectivity index (χ1) is 8.16. The van der Waals surface area contributed by atoms with Crippen molar-refractivity contribution in [3.05, 3.63) is 10.4 Å². The minimum absolute atomic E-state index is 0.0554. The van der Waals surface area contributed by atoms with Crippen molar-refractivity contribution in [3.8, 4) is 0 Å². The number of carbonyl (C=O) groups excluding carboxylic acids is 1. The van der Waals surface area contributed by atoms with Gasteiger partial charge in [0.25, 0.3) is 10.1 Å². The Bertz CT molecular complexity index is 424. The van der Waals surface area contributed by atoms with Gasteiger partial charge in [0.2, 0.25) is 5.44 Å². The van der Waals surface area contributed by atoms with Gasteiger partial charge in [-0.3, -0.25) is 4.55 Å². The van der Waals surface area contributed by atoms with E-state index in [9.17, 15) is 23.4 Å². The summed E-state index contributed by atoms with van der Waals surface area (Å²) in [5, 5.41) is 39.4. The lowest BCUT2D eigenvalue weighted by Gasteiger charge is -2.26. The molecule has 0 spiro atoms. The molecule has 104 valence electrons. The normalized spacial score (nSPS) is 20.1. The van der Waals surface area contributed by atoms with Crippen LogP contribution in [0.4, 0.5) is 0 Å². The van der Waals surface area contributed by atoms with Crippen LogP contribution < -0.4 is 0 Å². The molecule has 0 fully saturated rings. The Balaban J connectivity index is 4.98. The van der Waals surface area contributed by atoms with Gasteiger partial charge < -0.3 is 25.2 Å². The number of carbonyl (C=O) groups is 1. The van der Waals surface area contributed by atoms with E-state index in [1.54, 1.807) is 0 Å². The van der Waals surface area contributed by atoms with Gasteiger partial charge in [0.1, 0.15) is 24.5 Å². The molecule has 11 nitrogen and oxygen atoms in total. The Kier molecular flexibility index (Phi) is 6.14. The molecule has 0 amide bonds. The van der Waals surface area contributed by atoms with Gasteiger partial charge in [-0.05, 0) is 5.53 Å². The largest absolute Gasteiger partial charge is 0.389 e. The molecule has 0 aromatic carbocycles. The number of azide groups is 1. The van der Waals surface area contributed by atoms with E-state index in [1.165, 1.54) is 0 Å². The van der Waals surface area contributed by atoms with Crippen LogP contribution in [0.1, 0.15) is 0 Å². The summed E-state index contributed by atoms with van der Waals surface area (Å²) in [4.78, 5) is 12.6. The zero-order valence-electron chi connectivity index (χ0n) is 8.67. The number of aliphatic hydroxyl groups is 4. The summed E-state index contributed by atoms with van der Waals surface area (Å²) in [7, 11) is -5.08. The van der Waals surface area contributed by atoms with Crippen molar-refractivity contribution in [1.82, 2.24) is 0 Å². The standard InChI is InChI=1S/C6H11N3O8S/c7-9-8-2(1-10)3(11)4(12)5(13)6(14)18(15,16)17/h1-6,11-14H,(H,15,16,17)/t2-,3-,4+,5+,6?/m1/s1. The average molecular weight is 285 g/mol. The molecular weight excluding hydrogens is 274 g/mol. The number of nitrogens with zero attached hydrogens (tertiary/aromatic N) is 3. The Morgan fingerprint density at radius 3 is 1.94 bits per heavy atom. The van der Waals surface area contributed by atoms with Crippen LogP contribution in [0.15, 0.2) is 5.11 Å². The van der Waals surface area contributed by atoms with Crippen molar-refractivity contribution >= 4 is 16.4 Å². The minimum atomic E-state index is -5.08. The highest BCUT2D eigenvalue weighted by Crippen LogP contribution is 2.12. The van der Waals surface area contributed by atoms with Crippen LogP contribution in [0.2, 0.25) is 0 Å². The molecule has 0 heterocycles. The second-order valence-corrected chi connectivity index (χ2v) is 4.72. The fourth-order valence-electron chi connectivity index (χ4n) is 0.985. The fourth-order valence-corrected chi connectivity index (χ4v) is 1.50. The van der Waals surface area contributed by atoms with Crippen LogP contribution in [0.3, 0.4) is 0 Å². The summed E-state index contributed by atoms with van der Waals surface area (Å²) in [6.45, 7) is 0. The highest BCUT2D eigenvalue weighted by molar-refractivity contribution is 7.86. The number of rotatable bonds is 7. The summed E-state index contributed by atoms with van der Waals surface area (Å²) < 4.78 is 29.3. The molecule has 0 bridgehead atoms. The van der Waals surface area contributed by atoms with Gasteiger partial charge >= 0.3 is 0 Å². The van der Waals surface area contributed by atoms with Crippen molar-refractivity contribution in [2.24, 2.45) is 5.11 Å². The van der Waals surface area contributed by atoms with E-state index in [1.807, 2.05) is 0 Å². The summed E-state index contributed by atoms with van der Waals surface area (Å²) in [6, 6.07) is -1.80. The van der Waals surface area contributed by atoms with Crippen LogP contribution in [-0.4, -0.2) is 69.5 Å². The molecule has 1 unspecified atom stereocenters. The maximum absolute atomic E-state index is 10.5. The topological polar surface area (TPSA) is 201 Å². The summed E-state index contributed by atoms with van der Waals surface area (Å²) >= 11 is 0. The first kappa shape index (κ1) is 16.7. The molecule has 0 radical (unpaired) electrons. The second kappa shape index (κ2) is 6.61. The minimum Gasteiger partial charge on any atom is -0.389 e. The first-order valence-electron chi connectivity index (χ1n) is 4.34. The highest BCUT2D eigenvalue weighted by atomic mass is 32.2. The smallest absolute Gasteiger partial charge is 0.294 e. The third-order valence-electron chi connectivity index (χ3n) is 1.97. The van der Waals surface area contributed by atoms with E-state index in [0.717, 1.165) is 0 Å². The fraction of sp³-hybridized carbons (Fsp3) is 0.833. The quantitative estimate of drug-likeness (QED) is 0.108. The number of aldehydes is 1. The molecule has 0 saturated heterocycles. The molecule has 18 heavy (non-hydrogen) atoms. The molecule has 0 aliphatic rings. The van der Waals surface area contributed by atoms with Crippen molar-refractivity contribution in [2.45, 2.75) is 29.8 Å². The summed E-state index contributed by atoms with van der Waals surface area (Å²) in [6.07, 6.45) is -7.07. The van der Waals surface area contributed by atoms with Gasteiger partial charge in [0.15, 0.2) is 0 Å². The lowest BCUT2D eigenvalue weighted by molar-refractivity contribution is -0.119. The molecule has 12 heteroatoms. The molecule has 0 aromatic rings. The van der Waals surface area contributed by atoms with Crippen molar-refractivity contribution < 1.29 is 38.2 Å². The summed E-state index contributed by atoms with van der Waals surface area (Å²) in [5.41, 5.74) is 5.24. The predicted octanol–water partition coefficient (Wildman–Crippen LogP) is -2.85. The maximum Gasteiger partial charge on any atom is 0.294 e. The number of hydrogen-bond donors (Lipinski definition) is 5. The van der Waals surface area contributed by atoms with E-state index < -0.39 is 39.9 Å². The van der Waals surface area contributed by atoms with Crippen molar-refractivity contribution in [1.29, 1.82) is 0 Å². The van der Waals surface area contributed by atoms with E-state index >= 15 is 0 Å². The molecule has 0 rings (SSSR count). The molecule has 5 N–H and O–H groups in total. The van der Waals surface area contributed by atoms with Gasteiger partial charge in [0, 0.05) is 4.91 Å². The monoisotopic (exact) mass is 285 g/mol. The summed E-state index contributed by atoms with van der Waals surface area (Å²) in [5.74, 6) is 0.